The molecule has 1 aromatic rings. The van der Waals surface area contributed by atoms with E-state index in [1.54, 1.807) is 0 Å². The van der Waals surface area contributed by atoms with Gasteiger partial charge in [0, 0.05) is 10.7 Å². The third-order valence-electron chi connectivity index (χ3n) is 3.48. The SMILES string of the molecule is O=C(NC1(CO)CCCC1)c1cc(I)cc(I)c1I. The monoisotopic (exact) mass is 597 g/mol. The van der Waals surface area contributed by atoms with Gasteiger partial charge in [-0.15, -0.1) is 0 Å². The summed E-state index contributed by atoms with van der Waals surface area (Å²) in [6, 6.07) is 3.96. The number of nitrogens with one attached hydrogen (secondary N) is 1. The molecular formula is C13H14I3NO2. The van der Waals surface area contributed by atoms with Crippen molar-refractivity contribution in [2.75, 3.05) is 6.61 Å². The van der Waals surface area contributed by atoms with Gasteiger partial charge in [0.25, 0.3) is 5.91 Å². The van der Waals surface area contributed by atoms with Crippen LogP contribution >= 0.6 is 67.8 Å². The highest BCUT2D eigenvalue weighted by Gasteiger charge is 2.35. The number of aliphatic hydroxyl groups is 1. The van der Waals surface area contributed by atoms with Crippen molar-refractivity contribution in [3.63, 3.8) is 0 Å². The molecule has 1 aliphatic rings. The van der Waals surface area contributed by atoms with Gasteiger partial charge in [-0.1, -0.05) is 12.8 Å². The van der Waals surface area contributed by atoms with E-state index >= 15 is 0 Å². The molecule has 0 radical (unpaired) electrons. The summed E-state index contributed by atoms with van der Waals surface area (Å²) in [5.41, 5.74) is 0.295. The molecule has 0 aliphatic heterocycles. The standard InChI is InChI=1S/C13H14I3NO2/c14-8-5-9(11(16)10(15)6-8)12(19)17-13(7-18)3-1-2-4-13/h5-6,18H,1-4,7H2,(H,17,19). The van der Waals surface area contributed by atoms with Crippen LogP contribution < -0.4 is 5.32 Å². The summed E-state index contributed by atoms with van der Waals surface area (Å²) >= 11 is 6.67. The van der Waals surface area contributed by atoms with Crippen molar-refractivity contribution in [3.05, 3.63) is 28.4 Å². The van der Waals surface area contributed by atoms with Crippen LogP contribution in [-0.2, 0) is 0 Å². The second-order valence-corrected chi connectivity index (χ2v) is 8.34. The molecule has 2 rings (SSSR count). The van der Waals surface area contributed by atoms with Gasteiger partial charge in [-0.3, -0.25) is 4.79 Å². The maximum Gasteiger partial charge on any atom is 0.252 e. The lowest BCUT2D eigenvalue weighted by Crippen LogP contribution is -2.49. The largest absolute Gasteiger partial charge is 0.394 e. The first-order valence-corrected chi connectivity index (χ1v) is 9.29. The van der Waals surface area contributed by atoms with E-state index in [4.69, 9.17) is 0 Å². The lowest BCUT2D eigenvalue weighted by Gasteiger charge is -2.28. The number of amides is 1. The molecule has 0 bridgehead atoms. The molecule has 0 unspecified atom stereocenters. The Morgan fingerprint density at radius 3 is 2.47 bits per heavy atom. The molecule has 6 heteroatoms. The number of benzene rings is 1. The van der Waals surface area contributed by atoms with E-state index in [-0.39, 0.29) is 12.5 Å². The molecule has 3 nitrogen and oxygen atoms in total. The number of rotatable bonds is 3. The van der Waals surface area contributed by atoms with Gasteiger partial charge < -0.3 is 10.4 Å². The fourth-order valence-corrected chi connectivity index (χ4v) is 4.80. The highest BCUT2D eigenvalue weighted by Crippen LogP contribution is 2.30. The lowest BCUT2D eigenvalue weighted by molar-refractivity contribution is 0.0837. The third kappa shape index (κ3) is 3.73. The van der Waals surface area contributed by atoms with Crippen molar-refractivity contribution in [1.82, 2.24) is 5.32 Å². The molecular weight excluding hydrogens is 583 g/mol. The first-order valence-electron chi connectivity index (χ1n) is 6.05. The molecule has 1 amide bonds. The van der Waals surface area contributed by atoms with E-state index in [2.05, 4.69) is 79.2 Å². The van der Waals surface area contributed by atoms with Crippen LogP contribution in [-0.4, -0.2) is 23.2 Å². The van der Waals surface area contributed by atoms with Gasteiger partial charge in [0.2, 0.25) is 0 Å². The molecule has 0 heterocycles. The van der Waals surface area contributed by atoms with Crippen molar-refractivity contribution in [2.24, 2.45) is 0 Å². The molecule has 0 spiro atoms. The summed E-state index contributed by atoms with van der Waals surface area (Å²) in [4.78, 5) is 12.5. The van der Waals surface area contributed by atoms with Gasteiger partial charge in [0.05, 0.1) is 17.7 Å². The molecule has 0 atom stereocenters. The smallest absolute Gasteiger partial charge is 0.252 e. The third-order valence-corrected chi connectivity index (χ3v) is 7.15. The highest BCUT2D eigenvalue weighted by atomic mass is 127. The molecule has 19 heavy (non-hydrogen) atoms. The van der Waals surface area contributed by atoms with Crippen LogP contribution in [0.2, 0.25) is 0 Å². The number of hydrogen-bond acceptors (Lipinski definition) is 2. The van der Waals surface area contributed by atoms with Crippen molar-refractivity contribution in [1.29, 1.82) is 0 Å². The van der Waals surface area contributed by atoms with Crippen LogP contribution in [0.5, 0.6) is 0 Å². The number of carbonyl (C=O) groups excluding carboxylic acids is 1. The summed E-state index contributed by atoms with van der Waals surface area (Å²) in [5.74, 6) is -0.0724. The molecule has 1 aliphatic carbocycles. The Balaban J connectivity index is 2.25. The second-order valence-electron chi connectivity index (χ2n) is 4.85. The highest BCUT2D eigenvalue weighted by molar-refractivity contribution is 14.1. The van der Waals surface area contributed by atoms with E-state index in [9.17, 15) is 9.90 Å². The summed E-state index contributed by atoms with van der Waals surface area (Å²) in [6.45, 7) is 0.0241. The fourth-order valence-electron chi connectivity index (χ4n) is 2.40. The van der Waals surface area contributed by atoms with Crippen LogP contribution in [0, 0.1) is 10.7 Å². The Hall–Kier alpha value is 0.840. The summed E-state index contributed by atoms with van der Waals surface area (Å²) < 4.78 is 3.11. The number of hydrogen-bond donors (Lipinski definition) is 2. The van der Waals surface area contributed by atoms with E-state index in [1.165, 1.54) is 0 Å². The van der Waals surface area contributed by atoms with E-state index in [0.29, 0.717) is 5.56 Å². The maximum absolute atomic E-state index is 12.5. The Morgan fingerprint density at radius 2 is 1.89 bits per heavy atom. The fraction of sp³-hybridized carbons (Fsp3) is 0.462. The average Bonchev–Trinajstić information content (AvgIpc) is 2.82. The van der Waals surface area contributed by atoms with Crippen LogP contribution in [0.15, 0.2) is 12.1 Å². The zero-order chi connectivity index (χ0) is 14.0. The van der Waals surface area contributed by atoms with Gasteiger partial charge in [0.1, 0.15) is 0 Å². The lowest BCUT2D eigenvalue weighted by atomic mass is 9.98. The maximum atomic E-state index is 12.5. The van der Waals surface area contributed by atoms with Gasteiger partial charge in [-0.25, -0.2) is 0 Å². The first kappa shape index (κ1) is 16.2. The van der Waals surface area contributed by atoms with E-state index in [1.807, 2.05) is 6.07 Å². The van der Waals surface area contributed by atoms with Crippen LogP contribution in [0.1, 0.15) is 36.0 Å². The predicted octanol–water partition coefficient (Wildman–Crippen LogP) is 3.54. The predicted molar refractivity (Wildman–Crippen MR) is 100 cm³/mol. The van der Waals surface area contributed by atoms with Gasteiger partial charge in [0.15, 0.2) is 0 Å². The summed E-state index contributed by atoms with van der Waals surface area (Å²) in [7, 11) is 0. The Kier molecular flexibility index (Phi) is 5.75. The minimum Gasteiger partial charge on any atom is -0.394 e. The number of carbonyl (C=O) groups is 1. The molecule has 1 saturated carbocycles. The average molecular weight is 597 g/mol. The van der Waals surface area contributed by atoms with Gasteiger partial charge >= 0.3 is 0 Å². The molecule has 0 saturated heterocycles. The van der Waals surface area contributed by atoms with Crippen LogP contribution in [0.25, 0.3) is 0 Å². The van der Waals surface area contributed by atoms with E-state index in [0.717, 1.165) is 36.4 Å². The Morgan fingerprint density at radius 1 is 1.26 bits per heavy atom. The Labute approximate surface area is 153 Å². The Bertz CT molecular complexity index is 499. The summed E-state index contributed by atoms with van der Waals surface area (Å²) in [6.07, 6.45) is 3.88. The number of halogens is 3. The zero-order valence-corrected chi connectivity index (χ0v) is 16.7. The normalized spacial score (nSPS) is 17.5. The second kappa shape index (κ2) is 6.73. The van der Waals surface area contributed by atoms with Gasteiger partial charge in [-0.05, 0) is 92.7 Å². The topological polar surface area (TPSA) is 49.3 Å². The van der Waals surface area contributed by atoms with Crippen molar-refractivity contribution < 1.29 is 9.90 Å². The van der Waals surface area contributed by atoms with Crippen molar-refractivity contribution >= 4 is 73.7 Å². The zero-order valence-electron chi connectivity index (χ0n) is 10.2. The van der Waals surface area contributed by atoms with Gasteiger partial charge in [-0.2, -0.15) is 0 Å². The summed E-state index contributed by atoms with van der Waals surface area (Å²) in [5, 5.41) is 12.6. The molecule has 1 fully saturated rings. The molecule has 104 valence electrons. The van der Waals surface area contributed by atoms with Crippen LogP contribution in [0.3, 0.4) is 0 Å². The molecule has 2 N–H and O–H groups in total. The van der Waals surface area contributed by atoms with Crippen molar-refractivity contribution in [3.8, 4) is 0 Å². The molecule has 1 aromatic carbocycles. The minimum absolute atomic E-state index is 0.0241. The first-order chi connectivity index (χ1) is 8.97. The van der Waals surface area contributed by atoms with E-state index < -0.39 is 5.54 Å². The van der Waals surface area contributed by atoms with Crippen molar-refractivity contribution in [2.45, 2.75) is 31.2 Å². The molecule has 0 aromatic heterocycles. The van der Waals surface area contributed by atoms with Crippen LogP contribution in [0.4, 0.5) is 0 Å². The quantitative estimate of drug-likeness (QED) is 0.415. The number of aliphatic hydroxyl groups excluding tert-OH is 1. The minimum atomic E-state index is -0.410.